The summed E-state index contributed by atoms with van der Waals surface area (Å²) in [5.74, 6) is 0. The van der Waals surface area contributed by atoms with Gasteiger partial charge in [-0.05, 0) is 146 Å². The summed E-state index contributed by atoms with van der Waals surface area (Å²) in [5, 5.41) is 5.55. The first kappa shape index (κ1) is 44.2. The van der Waals surface area contributed by atoms with Gasteiger partial charge in [0.05, 0.1) is 16.4 Å². The molecular weight excluding hydrogens is 844 g/mol. The van der Waals surface area contributed by atoms with Crippen LogP contribution in [0.15, 0.2) is 103 Å². The molecule has 0 bridgehead atoms. The van der Waals surface area contributed by atoms with Crippen LogP contribution in [0.2, 0.25) is 0 Å². The number of hydrogen-bond donors (Lipinski definition) is 0. The molecule has 1 aliphatic carbocycles. The van der Waals surface area contributed by atoms with Gasteiger partial charge in [-0.3, -0.25) is 0 Å². The van der Waals surface area contributed by atoms with Crippen LogP contribution in [0.4, 0.5) is 0 Å². The van der Waals surface area contributed by atoms with Gasteiger partial charge in [0.15, 0.2) is 0 Å². The average molecular weight is 915 g/mol. The van der Waals surface area contributed by atoms with Crippen LogP contribution in [0, 0.1) is 0 Å². The van der Waals surface area contributed by atoms with Crippen LogP contribution in [0.5, 0.6) is 0 Å². The molecule has 9 aromatic rings. The van der Waals surface area contributed by atoms with E-state index in [0.29, 0.717) is 0 Å². The zero-order valence-electron chi connectivity index (χ0n) is 45.3. The molecule has 13 rings (SSSR count). The van der Waals surface area contributed by atoms with Crippen molar-refractivity contribution in [2.75, 3.05) is 0 Å². The Balaban J connectivity index is 1.31. The first-order valence-corrected chi connectivity index (χ1v) is 26.3. The van der Waals surface area contributed by atoms with Crippen LogP contribution < -0.4 is 16.4 Å². The fourth-order valence-electron chi connectivity index (χ4n) is 13.7. The maximum absolute atomic E-state index is 2.80. The molecule has 0 saturated carbocycles. The molecule has 70 heavy (non-hydrogen) atoms. The van der Waals surface area contributed by atoms with Gasteiger partial charge < -0.3 is 9.13 Å². The van der Waals surface area contributed by atoms with Crippen molar-refractivity contribution < 1.29 is 0 Å². The minimum atomic E-state index is -0.568. The van der Waals surface area contributed by atoms with E-state index in [0.717, 1.165) is 0 Å². The monoisotopic (exact) mass is 915 g/mol. The summed E-state index contributed by atoms with van der Waals surface area (Å²) in [5.41, 5.74) is 28.4. The summed E-state index contributed by atoms with van der Waals surface area (Å²) in [6.45, 7) is 43.1. The van der Waals surface area contributed by atoms with Crippen molar-refractivity contribution in [1.29, 1.82) is 0 Å². The van der Waals surface area contributed by atoms with Gasteiger partial charge in [0.25, 0.3) is 6.71 Å². The van der Waals surface area contributed by atoms with Gasteiger partial charge in [0.2, 0.25) is 0 Å². The van der Waals surface area contributed by atoms with E-state index in [1.54, 1.807) is 0 Å². The summed E-state index contributed by atoms with van der Waals surface area (Å²) in [6, 6.07) is 43.2. The normalized spacial score (nSPS) is 15.7. The first-order valence-electron chi connectivity index (χ1n) is 26.3. The molecular formula is C67H71BN2. The number of rotatable bonds is 0. The highest BCUT2D eigenvalue weighted by molar-refractivity contribution is 7.00. The summed E-state index contributed by atoms with van der Waals surface area (Å²) >= 11 is 0. The highest BCUT2D eigenvalue weighted by Crippen LogP contribution is 2.63. The maximum Gasteiger partial charge on any atom is 0.252 e. The van der Waals surface area contributed by atoms with Crippen LogP contribution in [-0.4, -0.2) is 15.8 Å². The van der Waals surface area contributed by atoms with Gasteiger partial charge in [0.1, 0.15) is 0 Å². The second-order valence-electron chi connectivity index (χ2n) is 28.3. The molecule has 0 radical (unpaired) electrons. The molecule has 0 atom stereocenters. The highest BCUT2D eigenvalue weighted by Gasteiger charge is 2.55. The molecule has 1 spiro atoms. The van der Waals surface area contributed by atoms with Crippen molar-refractivity contribution in [2.45, 2.75) is 163 Å². The third-order valence-electron chi connectivity index (χ3n) is 17.6. The van der Waals surface area contributed by atoms with Crippen LogP contribution >= 0.6 is 0 Å². The molecule has 0 saturated heterocycles. The van der Waals surface area contributed by atoms with Crippen molar-refractivity contribution in [3.63, 3.8) is 0 Å². The molecule has 2 nitrogen and oxygen atoms in total. The Hall–Kier alpha value is -5.80. The van der Waals surface area contributed by atoms with E-state index >= 15 is 0 Å². The van der Waals surface area contributed by atoms with Gasteiger partial charge in [-0.1, -0.05) is 197 Å². The standard InChI is InChI=1S/C67H71BN2/c1-61(2,3)36-22-24-46-41(28-36)42-29-37(62(4,5)6)23-25-47(42)67(46)49-26-27-54-56-60(49)70-57-43(30-38(33-50(57)67)63(7,8)9)44-31-39(64(10,11)12)34-51(58(44)70)68(56)52-35-40(65(13,14)15)32-45-55-48(66(16,17)18)20-19-21-53(55)69(54)59(45)52/h19-35H,1-18H3. The number of hydrogen-bond acceptors (Lipinski definition) is 0. The van der Waals surface area contributed by atoms with Crippen molar-refractivity contribution in [1.82, 2.24) is 9.13 Å². The highest BCUT2D eigenvalue weighted by atomic mass is 15.1. The Kier molecular flexibility index (Phi) is 8.20. The number of benzene rings is 7. The lowest BCUT2D eigenvalue weighted by Crippen LogP contribution is -2.60. The van der Waals surface area contributed by atoms with E-state index in [1.165, 1.54) is 138 Å². The molecule has 3 aliphatic heterocycles. The molecule has 0 unspecified atom stereocenters. The van der Waals surface area contributed by atoms with Crippen molar-refractivity contribution in [3.8, 4) is 22.5 Å². The zero-order valence-corrected chi connectivity index (χ0v) is 45.3. The zero-order chi connectivity index (χ0) is 49.7. The number of nitrogens with zero attached hydrogens (tertiary/aromatic N) is 2. The van der Waals surface area contributed by atoms with Crippen molar-refractivity contribution in [2.24, 2.45) is 0 Å². The topological polar surface area (TPSA) is 9.86 Å². The lowest BCUT2D eigenvalue weighted by atomic mass is 9.33. The SMILES string of the molecule is CC(C)(C)c1ccc2c(c1)-c1cc(C(C)(C)C)ccc1C21c2ccc3c4c2-n2c5c(cc(C(C)(C)C)cc5c5cc(C(C)(C)C)cc1c52)B4c1cc(C(C)(C)C)cc2c4c(C(C)(C)C)cccc4n-3c12. The Labute approximate surface area is 417 Å². The predicted octanol–water partition coefficient (Wildman–Crippen LogP) is 15.5. The van der Waals surface area contributed by atoms with Crippen LogP contribution in [0.25, 0.3) is 66.1 Å². The van der Waals surface area contributed by atoms with E-state index in [1.807, 2.05) is 0 Å². The van der Waals surface area contributed by atoms with Gasteiger partial charge in [-0.2, -0.15) is 0 Å². The van der Waals surface area contributed by atoms with E-state index in [2.05, 4.69) is 237 Å². The smallest absolute Gasteiger partial charge is 0.252 e. The van der Waals surface area contributed by atoms with E-state index in [-0.39, 0.29) is 39.2 Å². The minimum Gasteiger partial charge on any atom is -0.310 e. The van der Waals surface area contributed by atoms with Crippen molar-refractivity contribution in [3.05, 3.63) is 159 Å². The molecule has 5 heterocycles. The Morgan fingerprint density at radius 1 is 0.386 bits per heavy atom. The second kappa shape index (κ2) is 13.0. The molecule has 4 aliphatic rings. The van der Waals surface area contributed by atoms with Gasteiger partial charge in [-0.15, -0.1) is 0 Å². The van der Waals surface area contributed by atoms with Gasteiger partial charge in [-0.25, -0.2) is 0 Å². The summed E-state index contributed by atoms with van der Waals surface area (Å²) in [4.78, 5) is 0. The van der Waals surface area contributed by atoms with E-state index in [9.17, 15) is 0 Å². The lowest BCUT2D eigenvalue weighted by Gasteiger charge is -2.44. The Morgan fingerprint density at radius 3 is 1.37 bits per heavy atom. The minimum absolute atomic E-state index is 0.00574. The molecule has 0 N–H and O–H groups in total. The largest absolute Gasteiger partial charge is 0.310 e. The summed E-state index contributed by atoms with van der Waals surface area (Å²) in [7, 11) is 0. The molecule has 0 fully saturated rings. The molecule has 2 aromatic heterocycles. The van der Waals surface area contributed by atoms with Crippen LogP contribution in [0.3, 0.4) is 0 Å². The number of fused-ring (bicyclic) bond motifs is 14. The average Bonchev–Trinajstić information content (AvgIpc) is 3.88. The van der Waals surface area contributed by atoms with Crippen LogP contribution in [-0.2, 0) is 37.9 Å². The van der Waals surface area contributed by atoms with Gasteiger partial charge >= 0.3 is 0 Å². The fraction of sp³-hybridized carbons (Fsp3) is 0.373. The fourth-order valence-corrected chi connectivity index (χ4v) is 13.7. The lowest BCUT2D eigenvalue weighted by molar-refractivity contribution is 0.587. The first-order chi connectivity index (χ1) is 32.5. The van der Waals surface area contributed by atoms with Crippen molar-refractivity contribution >= 4 is 66.7 Å². The van der Waals surface area contributed by atoms with E-state index in [4.69, 9.17) is 0 Å². The molecule has 0 amide bonds. The second-order valence-corrected chi connectivity index (χ2v) is 28.3. The molecule has 3 heteroatoms. The third-order valence-corrected chi connectivity index (χ3v) is 17.6. The predicted molar refractivity (Wildman–Crippen MR) is 303 cm³/mol. The quantitative estimate of drug-likeness (QED) is 0.134. The molecule has 7 aromatic carbocycles. The summed E-state index contributed by atoms with van der Waals surface area (Å²) < 4.78 is 5.51. The molecule has 352 valence electrons. The maximum atomic E-state index is 2.80. The number of aromatic nitrogens is 2. The van der Waals surface area contributed by atoms with Crippen LogP contribution in [0.1, 0.15) is 180 Å². The Bertz CT molecular complexity index is 3810. The van der Waals surface area contributed by atoms with Gasteiger partial charge in [0, 0.05) is 44.0 Å². The van der Waals surface area contributed by atoms with E-state index < -0.39 is 5.41 Å². The Morgan fingerprint density at radius 2 is 0.857 bits per heavy atom. The summed E-state index contributed by atoms with van der Waals surface area (Å²) in [6.07, 6.45) is 0. The third kappa shape index (κ3) is 5.43.